The zero-order valence-corrected chi connectivity index (χ0v) is 16.3. The van der Waals surface area contributed by atoms with E-state index in [9.17, 15) is 4.79 Å². The van der Waals surface area contributed by atoms with Crippen LogP contribution in [-0.2, 0) is 34.1 Å². The van der Waals surface area contributed by atoms with Crippen LogP contribution < -0.4 is 5.32 Å². The number of hydrogen-bond acceptors (Lipinski definition) is 6. The lowest BCUT2D eigenvalue weighted by molar-refractivity contribution is -0.140. The van der Waals surface area contributed by atoms with Crippen LogP contribution in [0.5, 0.6) is 0 Å². The van der Waals surface area contributed by atoms with Gasteiger partial charge in [-0.25, -0.2) is 0 Å². The highest BCUT2D eigenvalue weighted by Gasteiger charge is 2.34. The fraction of sp³-hybridized carbons (Fsp3) is 0.650. The van der Waals surface area contributed by atoms with E-state index in [1.165, 1.54) is 0 Å². The van der Waals surface area contributed by atoms with E-state index in [4.69, 9.17) is 23.7 Å². The molecular formula is C20H31NO6. The summed E-state index contributed by atoms with van der Waals surface area (Å²) in [7, 11) is 0. The van der Waals surface area contributed by atoms with Gasteiger partial charge >= 0.3 is 0 Å². The quantitative estimate of drug-likeness (QED) is 0.499. The van der Waals surface area contributed by atoms with Crippen molar-refractivity contribution >= 4 is 11.6 Å². The summed E-state index contributed by atoms with van der Waals surface area (Å²) in [4.78, 5) is 12.0. The van der Waals surface area contributed by atoms with Gasteiger partial charge in [0.1, 0.15) is 6.61 Å². The van der Waals surface area contributed by atoms with E-state index in [-0.39, 0.29) is 18.1 Å². The Labute approximate surface area is 161 Å². The predicted molar refractivity (Wildman–Crippen MR) is 102 cm³/mol. The monoisotopic (exact) mass is 381 g/mol. The Bertz CT molecular complexity index is 561. The highest BCUT2D eigenvalue weighted by atomic mass is 16.6. The van der Waals surface area contributed by atoms with Crippen molar-refractivity contribution in [1.82, 2.24) is 0 Å². The molecule has 0 radical (unpaired) electrons. The Morgan fingerprint density at radius 2 is 1.70 bits per heavy atom. The Hall–Kier alpha value is -1.51. The second-order valence-corrected chi connectivity index (χ2v) is 6.43. The summed E-state index contributed by atoms with van der Waals surface area (Å²) >= 11 is 0. The molecule has 27 heavy (non-hydrogen) atoms. The SMILES string of the molecule is CCOCCOCCOCCOCC(=O)Nc1cccc(C2(C)CCO2)c1. The first kappa shape index (κ1) is 21.8. The summed E-state index contributed by atoms with van der Waals surface area (Å²) in [5.41, 5.74) is 1.59. The lowest BCUT2D eigenvalue weighted by Crippen LogP contribution is -2.37. The Kier molecular flexibility index (Phi) is 9.72. The molecule has 1 aliphatic heterocycles. The lowest BCUT2D eigenvalue weighted by Gasteiger charge is -2.39. The van der Waals surface area contributed by atoms with Crippen molar-refractivity contribution in [1.29, 1.82) is 0 Å². The van der Waals surface area contributed by atoms with Gasteiger partial charge < -0.3 is 29.0 Å². The Morgan fingerprint density at radius 3 is 2.30 bits per heavy atom. The molecule has 0 bridgehead atoms. The average Bonchev–Trinajstić information content (AvgIpc) is 2.64. The van der Waals surface area contributed by atoms with Crippen LogP contribution in [0.15, 0.2) is 24.3 Å². The van der Waals surface area contributed by atoms with Crippen LogP contribution in [0.3, 0.4) is 0 Å². The number of nitrogens with one attached hydrogen (secondary N) is 1. The zero-order chi connectivity index (χ0) is 19.4. The lowest BCUT2D eigenvalue weighted by atomic mass is 9.88. The van der Waals surface area contributed by atoms with Crippen LogP contribution in [0, 0.1) is 0 Å². The topological polar surface area (TPSA) is 75.2 Å². The van der Waals surface area contributed by atoms with E-state index in [1.807, 2.05) is 31.2 Å². The van der Waals surface area contributed by atoms with Gasteiger partial charge in [0.05, 0.1) is 51.8 Å². The van der Waals surface area contributed by atoms with Gasteiger partial charge in [-0.3, -0.25) is 4.79 Å². The van der Waals surface area contributed by atoms with Gasteiger partial charge in [0.25, 0.3) is 0 Å². The fourth-order valence-electron chi connectivity index (χ4n) is 2.63. The number of carbonyl (C=O) groups excluding carboxylic acids is 1. The molecule has 1 aromatic rings. The summed E-state index contributed by atoms with van der Waals surface area (Å²) in [5, 5.41) is 2.85. The molecule has 0 spiro atoms. The van der Waals surface area contributed by atoms with E-state index in [2.05, 4.69) is 12.2 Å². The van der Waals surface area contributed by atoms with Crippen LogP contribution in [0.2, 0.25) is 0 Å². The minimum atomic E-state index is -0.235. The molecule has 1 amide bonds. The summed E-state index contributed by atoms with van der Waals surface area (Å²) in [6.07, 6.45) is 0.991. The highest BCUT2D eigenvalue weighted by molar-refractivity contribution is 5.91. The molecule has 1 atom stereocenters. The van der Waals surface area contributed by atoms with E-state index >= 15 is 0 Å². The maximum Gasteiger partial charge on any atom is 0.250 e. The maximum atomic E-state index is 12.0. The van der Waals surface area contributed by atoms with Gasteiger partial charge in [0.2, 0.25) is 5.91 Å². The van der Waals surface area contributed by atoms with Crippen molar-refractivity contribution < 1.29 is 28.5 Å². The number of benzene rings is 1. The molecule has 1 N–H and O–H groups in total. The van der Waals surface area contributed by atoms with Crippen molar-refractivity contribution in [2.75, 3.05) is 64.8 Å². The van der Waals surface area contributed by atoms with Gasteiger partial charge in [-0.05, 0) is 31.5 Å². The summed E-state index contributed by atoms with van der Waals surface area (Å²) in [5.74, 6) is -0.189. The third-order valence-corrected chi connectivity index (χ3v) is 4.31. The van der Waals surface area contributed by atoms with Gasteiger partial charge in [-0.15, -0.1) is 0 Å². The number of rotatable bonds is 14. The fourth-order valence-corrected chi connectivity index (χ4v) is 2.63. The summed E-state index contributed by atoms with van der Waals surface area (Å²) < 4.78 is 26.8. The largest absolute Gasteiger partial charge is 0.379 e. The first-order valence-electron chi connectivity index (χ1n) is 9.49. The normalized spacial score (nSPS) is 18.9. The minimum absolute atomic E-state index is 0.00773. The van der Waals surface area contributed by atoms with Crippen LogP contribution in [-0.4, -0.2) is 65.4 Å². The van der Waals surface area contributed by atoms with E-state index in [0.29, 0.717) is 46.2 Å². The smallest absolute Gasteiger partial charge is 0.250 e. The van der Waals surface area contributed by atoms with Crippen LogP contribution in [0.4, 0.5) is 5.69 Å². The number of ether oxygens (including phenoxy) is 5. The second-order valence-electron chi connectivity index (χ2n) is 6.43. The molecule has 2 rings (SSSR count). The van der Waals surface area contributed by atoms with E-state index in [1.54, 1.807) is 0 Å². The molecule has 1 unspecified atom stereocenters. The van der Waals surface area contributed by atoms with Gasteiger partial charge in [0.15, 0.2) is 0 Å². The van der Waals surface area contributed by atoms with Crippen molar-refractivity contribution in [2.45, 2.75) is 25.9 Å². The standard InChI is InChI=1S/C20H31NO6/c1-3-23-9-10-24-11-12-25-13-14-26-16-19(22)21-18-6-4-5-17(15-18)20(2)7-8-27-20/h4-6,15H,3,7-14,16H2,1-2H3,(H,21,22). The highest BCUT2D eigenvalue weighted by Crippen LogP contribution is 2.37. The minimum Gasteiger partial charge on any atom is -0.379 e. The van der Waals surface area contributed by atoms with Crippen LogP contribution >= 0.6 is 0 Å². The number of hydrogen-bond donors (Lipinski definition) is 1. The van der Waals surface area contributed by atoms with Crippen LogP contribution in [0.25, 0.3) is 0 Å². The molecular weight excluding hydrogens is 350 g/mol. The molecule has 7 heteroatoms. The Morgan fingerprint density at radius 1 is 1.07 bits per heavy atom. The van der Waals surface area contributed by atoms with E-state index in [0.717, 1.165) is 24.3 Å². The number of anilines is 1. The number of amides is 1. The third kappa shape index (κ3) is 7.94. The first-order chi connectivity index (χ1) is 13.1. The van der Waals surface area contributed by atoms with Crippen molar-refractivity contribution in [3.63, 3.8) is 0 Å². The van der Waals surface area contributed by atoms with Gasteiger partial charge in [0, 0.05) is 18.7 Å². The first-order valence-corrected chi connectivity index (χ1v) is 9.49. The Balaban J connectivity index is 1.51. The van der Waals surface area contributed by atoms with Crippen molar-refractivity contribution in [2.24, 2.45) is 0 Å². The van der Waals surface area contributed by atoms with Gasteiger partial charge in [-0.1, -0.05) is 12.1 Å². The summed E-state index contributed by atoms with van der Waals surface area (Å²) in [6.45, 7) is 8.45. The molecule has 1 aromatic carbocycles. The maximum absolute atomic E-state index is 12.0. The van der Waals surface area contributed by atoms with E-state index < -0.39 is 0 Å². The molecule has 1 aliphatic rings. The van der Waals surface area contributed by atoms with Crippen molar-refractivity contribution in [3.05, 3.63) is 29.8 Å². The predicted octanol–water partition coefficient (Wildman–Crippen LogP) is 2.35. The van der Waals surface area contributed by atoms with Crippen molar-refractivity contribution in [3.8, 4) is 0 Å². The number of carbonyl (C=O) groups is 1. The molecule has 0 aromatic heterocycles. The molecule has 0 aliphatic carbocycles. The van der Waals surface area contributed by atoms with Gasteiger partial charge in [-0.2, -0.15) is 0 Å². The molecule has 7 nitrogen and oxygen atoms in total. The molecule has 1 heterocycles. The zero-order valence-electron chi connectivity index (χ0n) is 16.3. The second kappa shape index (κ2) is 12.0. The van der Waals surface area contributed by atoms with Crippen LogP contribution in [0.1, 0.15) is 25.8 Å². The molecule has 0 saturated carbocycles. The summed E-state index contributed by atoms with van der Waals surface area (Å²) in [6, 6.07) is 7.75. The molecule has 152 valence electrons. The average molecular weight is 381 g/mol. The molecule has 1 fully saturated rings. The molecule has 1 saturated heterocycles. The third-order valence-electron chi connectivity index (χ3n) is 4.31.